The van der Waals surface area contributed by atoms with Crippen molar-refractivity contribution in [3.05, 3.63) is 59.7 Å². The monoisotopic (exact) mass is 274 g/mol. The third-order valence-corrected chi connectivity index (χ3v) is 3.21. The van der Waals surface area contributed by atoms with E-state index in [-0.39, 0.29) is 19.2 Å². The molecule has 4 heteroatoms. The van der Waals surface area contributed by atoms with E-state index < -0.39 is 5.92 Å². The van der Waals surface area contributed by atoms with Crippen molar-refractivity contribution < 1.29 is 14.6 Å². The summed E-state index contributed by atoms with van der Waals surface area (Å²) in [6, 6.07) is 7.26. The number of carbonyl (C=O) groups excluding carboxylic acids is 1. The van der Waals surface area contributed by atoms with E-state index in [0.717, 1.165) is 11.1 Å². The molecule has 1 aliphatic carbocycles. The van der Waals surface area contributed by atoms with Gasteiger partial charge < -0.3 is 9.84 Å². The van der Waals surface area contributed by atoms with E-state index in [1.807, 2.05) is 12.1 Å². The SMILES string of the molecule is O=C(OCc1ccc(CO)cc1)C1C=CC=CC1=S. The van der Waals surface area contributed by atoms with E-state index in [4.69, 9.17) is 22.1 Å². The summed E-state index contributed by atoms with van der Waals surface area (Å²) in [6.45, 7) is 0.217. The lowest BCUT2D eigenvalue weighted by atomic mass is 10.0. The van der Waals surface area contributed by atoms with Crippen LogP contribution in [0.5, 0.6) is 0 Å². The molecule has 0 aromatic heterocycles. The summed E-state index contributed by atoms with van der Waals surface area (Å²) in [4.78, 5) is 12.4. The number of aliphatic hydroxyl groups excluding tert-OH is 1. The van der Waals surface area contributed by atoms with Gasteiger partial charge in [-0.1, -0.05) is 54.7 Å². The number of allylic oxidation sites excluding steroid dienone is 3. The maximum atomic E-state index is 11.9. The Balaban J connectivity index is 1.91. The fraction of sp³-hybridized carbons (Fsp3) is 0.200. The van der Waals surface area contributed by atoms with Gasteiger partial charge in [-0.2, -0.15) is 0 Å². The van der Waals surface area contributed by atoms with Crippen molar-refractivity contribution in [2.24, 2.45) is 5.92 Å². The van der Waals surface area contributed by atoms with E-state index in [1.165, 1.54) is 0 Å². The molecule has 0 spiro atoms. The Labute approximate surface area is 117 Å². The minimum atomic E-state index is -0.461. The molecule has 0 saturated carbocycles. The number of hydrogen-bond donors (Lipinski definition) is 1. The molecule has 3 nitrogen and oxygen atoms in total. The van der Waals surface area contributed by atoms with Gasteiger partial charge >= 0.3 is 5.97 Å². The van der Waals surface area contributed by atoms with Gasteiger partial charge in [0, 0.05) is 4.86 Å². The van der Waals surface area contributed by atoms with Crippen LogP contribution < -0.4 is 0 Å². The van der Waals surface area contributed by atoms with Crippen LogP contribution in [0.15, 0.2) is 48.6 Å². The Morgan fingerprint density at radius 1 is 1.21 bits per heavy atom. The Hall–Kier alpha value is -1.78. The van der Waals surface area contributed by atoms with Gasteiger partial charge in [0.2, 0.25) is 0 Å². The van der Waals surface area contributed by atoms with Gasteiger partial charge in [0.05, 0.1) is 6.61 Å². The Kier molecular flexibility index (Phi) is 4.60. The molecule has 0 heterocycles. The van der Waals surface area contributed by atoms with E-state index in [0.29, 0.717) is 4.86 Å². The number of esters is 1. The molecular weight excluding hydrogens is 260 g/mol. The summed E-state index contributed by atoms with van der Waals surface area (Å²) in [5.41, 5.74) is 1.71. The highest BCUT2D eigenvalue weighted by molar-refractivity contribution is 7.80. The van der Waals surface area contributed by atoms with E-state index in [1.54, 1.807) is 36.4 Å². The van der Waals surface area contributed by atoms with Gasteiger partial charge in [-0.15, -0.1) is 0 Å². The van der Waals surface area contributed by atoms with Crippen LogP contribution in [0.1, 0.15) is 11.1 Å². The summed E-state index contributed by atoms with van der Waals surface area (Å²) >= 11 is 5.10. The molecule has 1 atom stereocenters. The fourth-order valence-corrected chi connectivity index (χ4v) is 1.96. The molecule has 0 amide bonds. The highest BCUT2D eigenvalue weighted by Gasteiger charge is 2.21. The molecule has 98 valence electrons. The van der Waals surface area contributed by atoms with Gasteiger partial charge in [0.15, 0.2) is 0 Å². The lowest BCUT2D eigenvalue weighted by Gasteiger charge is -2.13. The van der Waals surface area contributed by atoms with Gasteiger partial charge in [0.25, 0.3) is 0 Å². The van der Waals surface area contributed by atoms with Crippen molar-refractivity contribution in [3.8, 4) is 0 Å². The lowest BCUT2D eigenvalue weighted by Crippen LogP contribution is -2.23. The Morgan fingerprint density at radius 3 is 2.53 bits per heavy atom. The third-order valence-electron chi connectivity index (χ3n) is 2.82. The van der Waals surface area contributed by atoms with Gasteiger partial charge in [-0.3, -0.25) is 4.79 Å². The smallest absolute Gasteiger partial charge is 0.318 e. The van der Waals surface area contributed by atoms with Crippen molar-refractivity contribution in [2.45, 2.75) is 13.2 Å². The minimum absolute atomic E-state index is 0.00748. The molecule has 1 aliphatic rings. The first-order chi connectivity index (χ1) is 9.20. The van der Waals surface area contributed by atoms with Gasteiger partial charge in [0.1, 0.15) is 12.5 Å². The molecule has 0 aliphatic heterocycles. The highest BCUT2D eigenvalue weighted by Crippen LogP contribution is 2.13. The number of hydrogen-bond acceptors (Lipinski definition) is 4. The number of carbonyl (C=O) groups is 1. The molecule has 1 unspecified atom stereocenters. The zero-order chi connectivity index (χ0) is 13.7. The van der Waals surface area contributed by atoms with Crippen LogP contribution in [0.4, 0.5) is 0 Å². The molecule has 1 aromatic carbocycles. The predicted molar refractivity (Wildman–Crippen MR) is 76.5 cm³/mol. The van der Waals surface area contributed by atoms with Crippen molar-refractivity contribution in [1.29, 1.82) is 0 Å². The quantitative estimate of drug-likeness (QED) is 0.676. The molecular formula is C15H14O3S. The van der Waals surface area contributed by atoms with Crippen molar-refractivity contribution in [3.63, 3.8) is 0 Å². The van der Waals surface area contributed by atoms with Crippen LogP contribution in [0.2, 0.25) is 0 Å². The second-order valence-electron chi connectivity index (χ2n) is 4.21. The maximum Gasteiger partial charge on any atom is 0.318 e. The second kappa shape index (κ2) is 6.41. The maximum absolute atomic E-state index is 11.9. The van der Waals surface area contributed by atoms with E-state index in [9.17, 15) is 4.79 Å². The number of thiocarbonyl (C=S) groups is 1. The molecule has 0 bridgehead atoms. The van der Waals surface area contributed by atoms with Crippen LogP contribution in [-0.2, 0) is 22.7 Å². The number of ether oxygens (including phenoxy) is 1. The molecule has 2 rings (SSSR count). The summed E-state index contributed by atoms with van der Waals surface area (Å²) in [5, 5.41) is 8.93. The number of rotatable bonds is 4. The molecule has 1 N–H and O–H groups in total. The van der Waals surface area contributed by atoms with Crippen LogP contribution in [0, 0.1) is 5.92 Å². The van der Waals surface area contributed by atoms with Crippen molar-refractivity contribution >= 4 is 23.1 Å². The van der Waals surface area contributed by atoms with E-state index in [2.05, 4.69) is 0 Å². The van der Waals surface area contributed by atoms with E-state index >= 15 is 0 Å². The molecule has 1 aromatic rings. The summed E-state index contributed by atoms with van der Waals surface area (Å²) in [5.74, 6) is -0.798. The zero-order valence-corrected chi connectivity index (χ0v) is 11.1. The molecule has 19 heavy (non-hydrogen) atoms. The largest absolute Gasteiger partial charge is 0.460 e. The summed E-state index contributed by atoms with van der Waals surface area (Å²) < 4.78 is 5.24. The zero-order valence-electron chi connectivity index (χ0n) is 10.3. The second-order valence-corrected chi connectivity index (χ2v) is 4.68. The number of benzene rings is 1. The Morgan fingerprint density at radius 2 is 1.89 bits per heavy atom. The average molecular weight is 274 g/mol. The van der Waals surface area contributed by atoms with Crippen molar-refractivity contribution in [2.75, 3.05) is 0 Å². The summed E-state index contributed by atoms with van der Waals surface area (Å²) in [7, 11) is 0. The molecule has 0 saturated heterocycles. The van der Waals surface area contributed by atoms with Gasteiger partial charge in [-0.25, -0.2) is 0 Å². The molecule has 0 radical (unpaired) electrons. The minimum Gasteiger partial charge on any atom is -0.460 e. The van der Waals surface area contributed by atoms with Crippen LogP contribution >= 0.6 is 12.2 Å². The van der Waals surface area contributed by atoms with Crippen molar-refractivity contribution in [1.82, 2.24) is 0 Å². The Bertz CT molecular complexity index is 529. The lowest BCUT2D eigenvalue weighted by molar-refractivity contribution is -0.146. The third kappa shape index (κ3) is 3.59. The average Bonchev–Trinajstić information content (AvgIpc) is 2.46. The first-order valence-electron chi connectivity index (χ1n) is 5.95. The van der Waals surface area contributed by atoms with Crippen LogP contribution in [-0.4, -0.2) is 15.9 Å². The van der Waals surface area contributed by atoms with Crippen LogP contribution in [0.3, 0.4) is 0 Å². The first-order valence-corrected chi connectivity index (χ1v) is 6.35. The molecule has 0 fully saturated rings. The normalized spacial score (nSPS) is 17.5. The fourth-order valence-electron chi connectivity index (χ4n) is 1.70. The first kappa shape index (κ1) is 13.6. The highest BCUT2D eigenvalue weighted by atomic mass is 32.1. The van der Waals surface area contributed by atoms with Gasteiger partial charge in [-0.05, 0) is 17.2 Å². The topological polar surface area (TPSA) is 46.5 Å². The van der Waals surface area contributed by atoms with Crippen LogP contribution in [0.25, 0.3) is 0 Å². The number of aliphatic hydroxyl groups is 1. The predicted octanol–water partition coefficient (Wildman–Crippen LogP) is 2.33. The standard InChI is InChI=1S/C15H14O3S/c16-9-11-5-7-12(8-6-11)10-18-15(17)13-3-1-2-4-14(13)19/h1-8,13,16H,9-10H2. The summed E-state index contributed by atoms with van der Waals surface area (Å²) in [6.07, 6.45) is 7.06.